The summed E-state index contributed by atoms with van der Waals surface area (Å²) in [6.45, 7) is 11.1. The number of imidazole rings is 1. The largest absolute Gasteiger partial charge is 0.444 e. The van der Waals surface area contributed by atoms with E-state index in [1.807, 2.05) is 44.8 Å². The van der Waals surface area contributed by atoms with Gasteiger partial charge in [-0.3, -0.25) is 0 Å². The van der Waals surface area contributed by atoms with Crippen molar-refractivity contribution in [3.05, 3.63) is 54.1 Å². The van der Waals surface area contributed by atoms with E-state index in [1.54, 1.807) is 11.1 Å². The van der Waals surface area contributed by atoms with Crippen LogP contribution < -0.4 is 10.6 Å². The SMILES string of the molecule is CCNC(=NCc1ccc(Cn2ccnc2)cc1)NC1CN(C(=O)OC(C)(C)C)C1. The Labute approximate surface area is 178 Å². The number of hydrogen-bond acceptors (Lipinski definition) is 4. The first-order valence-electron chi connectivity index (χ1n) is 10.4. The molecule has 1 aromatic heterocycles. The quantitative estimate of drug-likeness (QED) is 0.563. The summed E-state index contributed by atoms with van der Waals surface area (Å²) in [6, 6.07) is 8.62. The second-order valence-electron chi connectivity index (χ2n) is 8.47. The van der Waals surface area contributed by atoms with Crippen molar-refractivity contribution >= 4 is 12.1 Å². The molecular weight excluding hydrogens is 380 g/mol. The van der Waals surface area contributed by atoms with Crippen LogP contribution >= 0.6 is 0 Å². The van der Waals surface area contributed by atoms with Crippen molar-refractivity contribution in [1.82, 2.24) is 25.1 Å². The fourth-order valence-corrected chi connectivity index (χ4v) is 3.07. The van der Waals surface area contributed by atoms with Gasteiger partial charge in [0, 0.05) is 38.6 Å². The molecule has 2 heterocycles. The molecule has 2 aromatic rings. The van der Waals surface area contributed by atoms with Gasteiger partial charge in [0.15, 0.2) is 5.96 Å². The summed E-state index contributed by atoms with van der Waals surface area (Å²) < 4.78 is 7.44. The summed E-state index contributed by atoms with van der Waals surface area (Å²) in [5.41, 5.74) is 1.90. The van der Waals surface area contributed by atoms with Crippen LogP contribution in [-0.4, -0.2) is 57.8 Å². The zero-order chi connectivity index (χ0) is 21.6. The van der Waals surface area contributed by atoms with Crippen LogP contribution in [0.2, 0.25) is 0 Å². The molecule has 8 heteroatoms. The summed E-state index contributed by atoms with van der Waals surface area (Å²) in [4.78, 5) is 22.5. The second kappa shape index (κ2) is 9.65. The number of likely N-dealkylation sites (tertiary alicyclic amines) is 1. The van der Waals surface area contributed by atoms with E-state index < -0.39 is 5.60 Å². The first-order valence-corrected chi connectivity index (χ1v) is 10.4. The van der Waals surface area contributed by atoms with Crippen molar-refractivity contribution in [2.75, 3.05) is 19.6 Å². The van der Waals surface area contributed by atoms with Gasteiger partial charge < -0.3 is 24.8 Å². The predicted octanol–water partition coefficient (Wildman–Crippen LogP) is 2.61. The molecule has 0 radical (unpaired) electrons. The fraction of sp³-hybridized carbons (Fsp3) is 0.500. The summed E-state index contributed by atoms with van der Waals surface area (Å²) in [5, 5.41) is 6.66. The Morgan fingerprint density at radius 1 is 1.23 bits per heavy atom. The van der Waals surface area contributed by atoms with Gasteiger partial charge in [-0.2, -0.15) is 0 Å². The molecule has 3 rings (SSSR count). The number of ether oxygens (including phenoxy) is 1. The molecule has 1 aliphatic rings. The zero-order valence-electron chi connectivity index (χ0n) is 18.3. The lowest BCUT2D eigenvalue weighted by atomic mass is 10.1. The van der Waals surface area contributed by atoms with Crippen molar-refractivity contribution in [2.24, 2.45) is 4.99 Å². The predicted molar refractivity (Wildman–Crippen MR) is 117 cm³/mol. The maximum atomic E-state index is 12.1. The van der Waals surface area contributed by atoms with Crippen molar-refractivity contribution in [3.63, 3.8) is 0 Å². The third-order valence-corrected chi connectivity index (χ3v) is 4.59. The van der Waals surface area contributed by atoms with Gasteiger partial charge >= 0.3 is 6.09 Å². The van der Waals surface area contributed by atoms with Gasteiger partial charge in [0.25, 0.3) is 0 Å². The Hall–Kier alpha value is -3.03. The van der Waals surface area contributed by atoms with Gasteiger partial charge in [0.05, 0.1) is 18.9 Å². The Morgan fingerprint density at radius 3 is 2.53 bits per heavy atom. The second-order valence-corrected chi connectivity index (χ2v) is 8.47. The van der Waals surface area contributed by atoms with Crippen LogP contribution in [-0.2, 0) is 17.8 Å². The number of rotatable bonds is 6. The molecule has 0 bridgehead atoms. The molecule has 1 saturated heterocycles. The number of aliphatic imine (C=N–C) groups is 1. The van der Waals surface area contributed by atoms with Gasteiger partial charge in [0.2, 0.25) is 0 Å². The van der Waals surface area contributed by atoms with Crippen LogP contribution in [0, 0.1) is 0 Å². The van der Waals surface area contributed by atoms with Gasteiger partial charge in [-0.25, -0.2) is 14.8 Å². The van der Waals surface area contributed by atoms with E-state index in [9.17, 15) is 4.79 Å². The lowest BCUT2D eigenvalue weighted by molar-refractivity contribution is 0.00701. The minimum Gasteiger partial charge on any atom is -0.444 e. The summed E-state index contributed by atoms with van der Waals surface area (Å²) in [6.07, 6.45) is 5.29. The number of amides is 1. The standard InChI is InChI=1S/C22H32N6O2/c1-5-24-20(26-19-14-28(15-19)21(29)30-22(2,3)4)25-12-17-6-8-18(9-7-17)13-27-11-10-23-16-27/h6-11,16,19H,5,12-15H2,1-4H3,(H2,24,25,26). The van der Waals surface area contributed by atoms with Gasteiger partial charge in [-0.05, 0) is 38.8 Å². The molecule has 1 aliphatic heterocycles. The van der Waals surface area contributed by atoms with E-state index in [-0.39, 0.29) is 12.1 Å². The average molecular weight is 413 g/mol. The molecule has 1 aromatic carbocycles. The Balaban J connectivity index is 1.48. The van der Waals surface area contributed by atoms with Gasteiger partial charge in [-0.15, -0.1) is 0 Å². The number of carbonyl (C=O) groups is 1. The van der Waals surface area contributed by atoms with Crippen molar-refractivity contribution in [3.8, 4) is 0 Å². The molecule has 0 atom stereocenters. The van der Waals surface area contributed by atoms with E-state index in [4.69, 9.17) is 4.74 Å². The molecule has 162 valence electrons. The molecule has 8 nitrogen and oxygen atoms in total. The number of hydrogen-bond donors (Lipinski definition) is 2. The van der Waals surface area contributed by atoms with Gasteiger partial charge in [0.1, 0.15) is 5.60 Å². The maximum Gasteiger partial charge on any atom is 0.410 e. The zero-order valence-corrected chi connectivity index (χ0v) is 18.3. The van der Waals surface area contributed by atoms with Crippen LogP contribution in [0.3, 0.4) is 0 Å². The van der Waals surface area contributed by atoms with Crippen LogP contribution in [0.5, 0.6) is 0 Å². The van der Waals surface area contributed by atoms with Gasteiger partial charge in [-0.1, -0.05) is 24.3 Å². The highest BCUT2D eigenvalue weighted by Crippen LogP contribution is 2.15. The molecule has 1 amide bonds. The number of nitrogens with one attached hydrogen (secondary N) is 2. The Kier molecular flexibility index (Phi) is 6.97. The van der Waals surface area contributed by atoms with E-state index in [0.717, 1.165) is 24.6 Å². The minimum absolute atomic E-state index is 0.174. The molecule has 0 unspecified atom stereocenters. The molecule has 0 spiro atoms. The smallest absolute Gasteiger partial charge is 0.410 e. The third-order valence-electron chi connectivity index (χ3n) is 4.59. The monoisotopic (exact) mass is 412 g/mol. The Morgan fingerprint density at radius 2 is 1.93 bits per heavy atom. The molecule has 1 fully saturated rings. The number of aromatic nitrogens is 2. The van der Waals surface area contributed by atoms with Crippen LogP contribution in [0.4, 0.5) is 4.79 Å². The first-order chi connectivity index (χ1) is 14.3. The van der Waals surface area contributed by atoms with Crippen molar-refractivity contribution in [2.45, 2.75) is 52.4 Å². The number of guanidine groups is 1. The van der Waals surface area contributed by atoms with Crippen molar-refractivity contribution in [1.29, 1.82) is 0 Å². The van der Waals surface area contributed by atoms with Crippen LogP contribution in [0.25, 0.3) is 0 Å². The highest BCUT2D eigenvalue weighted by molar-refractivity contribution is 5.80. The summed E-state index contributed by atoms with van der Waals surface area (Å²) >= 11 is 0. The van der Waals surface area contributed by atoms with Crippen LogP contribution in [0.15, 0.2) is 48.0 Å². The van der Waals surface area contributed by atoms with E-state index in [1.165, 1.54) is 5.56 Å². The van der Waals surface area contributed by atoms with E-state index >= 15 is 0 Å². The van der Waals surface area contributed by atoms with Crippen LogP contribution in [0.1, 0.15) is 38.8 Å². The average Bonchev–Trinajstić information content (AvgIpc) is 3.15. The summed E-state index contributed by atoms with van der Waals surface area (Å²) in [7, 11) is 0. The number of carbonyl (C=O) groups excluding carboxylic acids is 1. The number of nitrogens with zero attached hydrogens (tertiary/aromatic N) is 4. The first kappa shape index (κ1) is 21.7. The highest BCUT2D eigenvalue weighted by atomic mass is 16.6. The lowest BCUT2D eigenvalue weighted by Crippen LogP contribution is -2.63. The topological polar surface area (TPSA) is 83.8 Å². The van der Waals surface area contributed by atoms with E-state index in [2.05, 4.69) is 44.9 Å². The maximum absolute atomic E-state index is 12.1. The van der Waals surface area contributed by atoms with E-state index in [0.29, 0.717) is 19.6 Å². The Bertz CT molecular complexity index is 834. The highest BCUT2D eigenvalue weighted by Gasteiger charge is 2.34. The normalized spacial score (nSPS) is 14.9. The molecular formula is C22H32N6O2. The molecule has 0 saturated carbocycles. The molecule has 2 N–H and O–H groups in total. The fourth-order valence-electron chi connectivity index (χ4n) is 3.07. The number of benzene rings is 1. The molecule has 30 heavy (non-hydrogen) atoms. The lowest BCUT2D eigenvalue weighted by Gasteiger charge is -2.40. The molecule has 0 aliphatic carbocycles. The van der Waals surface area contributed by atoms with Crippen molar-refractivity contribution < 1.29 is 9.53 Å². The summed E-state index contributed by atoms with van der Waals surface area (Å²) in [5.74, 6) is 0.758. The minimum atomic E-state index is -0.472. The third kappa shape index (κ3) is 6.50.